The van der Waals surface area contributed by atoms with Crippen LogP contribution < -0.4 is 11.1 Å². The first-order valence-electron chi connectivity index (χ1n) is 4.63. The molecule has 1 unspecified atom stereocenters. The molecule has 0 bridgehead atoms. The molecule has 0 aliphatic carbocycles. The quantitative estimate of drug-likeness (QED) is 0.679. The molecule has 1 aliphatic heterocycles. The van der Waals surface area contributed by atoms with Crippen LogP contribution in [0.2, 0.25) is 0 Å². The molecule has 2 heterocycles. The van der Waals surface area contributed by atoms with E-state index in [9.17, 15) is 0 Å². The highest BCUT2D eigenvalue weighted by Crippen LogP contribution is 2.12. The Morgan fingerprint density at radius 1 is 1.62 bits per heavy atom. The molecule has 70 valence electrons. The molecule has 3 N–H and O–H groups in total. The van der Waals surface area contributed by atoms with Crippen LogP contribution in [0.4, 0.5) is 5.82 Å². The van der Waals surface area contributed by atoms with Gasteiger partial charge in [0.25, 0.3) is 0 Å². The maximum atomic E-state index is 5.57. The van der Waals surface area contributed by atoms with Crippen molar-refractivity contribution in [2.45, 2.75) is 12.8 Å². The number of nitrogen functional groups attached to an aromatic ring is 1. The lowest BCUT2D eigenvalue weighted by molar-refractivity contribution is 0.562. The number of hydrogen-bond donors (Lipinski definition) is 2. The molecular weight excluding hydrogens is 164 g/mol. The summed E-state index contributed by atoms with van der Waals surface area (Å²) in [4.78, 5) is 8.36. The van der Waals surface area contributed by atoms with Crippen LogP contribution in [-0.4, -0.2) is 23.1 Å². The average Bonchev–Trinajstić information content (AvgIpc) is 2.57. The largest absolute Gasteiger partial charge is 0.384 e. The van der Waals surface area contributed by atoms with E-state index in [0.717, 1.165) is 25.3 Å². The smallest absolute Gasteiger partial charge is 0.130 e. The Kier molecular flexibility index (Phi) is 2.40. The summed E-state index contributed by atoms with van der Waals surface area (Å²) < 4.78 is 0. The van der Waals surface area contributed by atoms with Crippen molar-refractivity contribution < 1.29 is 0 Å². The van der Waals surface area contributed by atoms with Crippen LogP contribution in [0.3, 0.4) is 0 Å². The zero-order valence-corrected chi connectivity index (χ0v) is 7.53. The van der Waals surface area contributed by atoms with E-state index in [4.69, 9.17) is 5.73 Å². The molecule has 1 aromatic heterocycles. The van der Waals surface area contributed by atoms with Crippen LogP contribution in [0.5, 0.6) is 0 Å². The summed E-state index contributed by atoms with van der Waals surface area (Å²) in [5, 5.41) is 3.32. The third-order valence-corrected chi connectivity index (χ3v) is 2.36. The van der Waals surface area contributed by atoms with Crippen molar-refractivity contribution in [1.29, 1.82) is 0 Å². The van der Waals surface area contributed by atoms with Gasteiger partial charge in [-0.05, 0) is 31.5 Å². The fraction of sp³-hybridized carbons (Fsp3) is 0.556. The minimum atomic E-state index is 0.566. The Morgan fingerprint density at radius 2 is 2.54 bits per heavy atom. The molecule has 4 nitrogen and oxygen atoms in total. The second-order valence-corrected chi connectivity index (χ2v) is 3.46. The molecule has 1 saturated heterocycles. The predicted octanol–water partition coefficient (Wildman–Crippen LogP) is 0.211. The van der Waals surface area contributed by atoms with E-state index < -0.39 is 0 Å². The molecule has 2 rings (SSSR count). The van der Waals surface area contributed by atoms with Gasteiger partial charge in [0.2, 0.25) is 0 Å². The number of rotatable bonds is 2. The van der Waals surface area contributed by atoms with Crippen molar-refractivity contribution in [3.05, 3.63) is 18.1 Å². The second kappa shape index (κ2) is 3.70. The summed E-state index contributed by atoms with van der Waals surface area (Å²) in [5.41, 5.74) is 5.57. The van der Waals surface area contributed by atoms with Crippen LogP contribution in [0, 0.1) is 5.92 Å². The first-order valence-corrected chi connectivity index (χ1v) is 4.63. The van der Waals surface area contributed by atoms with Crippen LogP contribution in [0.25, 0.3) is 0 Å². The van der Waals surface area contributed by atoms with Gasteiger partial charge in [0, 0.05) is 12.6 Å². The van der Waals surface area contributed by atoms with Crippen LogP contribution in [0.15, 0.2) is 12.3 Å². The van der Waals surface area contributed by atoms with E-state index >= 15 is 0 Å². The highest BCUT2D eigenvalue weighted by molar-refractivity contribution is 5.25. The van der Waals surface area contributed by atoms with Crippen LogP contribution >= 0.6 is 0 Å². The number of aromatic nitrogens is 2. The van der Waals surface area contributed by atoms with Crippen LogP contribution in [0.1, 0.15) is 12.2 Å². The summed E-state index contributed by atoms with van der Waals surface area (Å²) in [6, 6.07) is 1.72. The Hall–Kier alpha value is -1.16. The zero-order valence-electron chi connectivity index (χ0n) is 7.53. The van der Waals surface area contributed by atoms with Gasteiger partial charge in [0.15, 0.2) is 0 Å². The first kappa shape index (κ1) is 8.44. The standard InChI is InChI=1S/C9H14N4/c10-8-2-4-12-9(13-8)5-7-1-3-11-6-7/h2,4,7,11H,1,3,5-6H2,(H2,10,12,13). The fourth-order valence-corrected chi connectivity index (χ4v) is 1.66. The molecule has 0 radical (unpaired) electrons. The SMILES string of the molecule is Nc1ccnc(CC2CCNC2)n1. The van der Waals surface area contributed by atoms with Crippen molar-refractivity contribution >= 4 is 5.82 Å². The number of nitrogens with zero attached hydrogens (tertiary/aromatic N) is 2. The highest BCUT2D eigenvalue weighted by atomic mass is 14.9. The molecular formula is C9H14N4. The Balaban J connectivity index is 2.00. The number of nitrogens with two attached hydrogens (primary N) is 1. The molecule has 0 spiro atoms. The molecule has 1 aromatic rings. The predicted molar refractivity (Wildman–Crippen MR) is 51.1 cm³/mol. The Bertz CT molecular complexity index is 281. The minimum Gasteiger partial charge on any atom is -0.384 e. The van der Waals surface area contributed by atoms with Gasteiger partial charge in [-0.25, -0.2) is 9.97 Å². The van der Waals surface area contributed by atoms with E-state index in [1.54, 1.807) is 12.3 Å². The average molecular weight is 178 g/mol. The van der Waals surface area contributed by atoms with Gasteiger partial charge in [0.05, 0.1) is 0 Å². The fourth-order valence-electron chi connectivity index (χ4n) is 1.66. The van der Waals surface area contributed by atoms with Crippen molar-refractivity contribution in [2.75, 3.05) is 18.8 Å². The van der Waals surface area contributed by atoms with Crippen LogP contribution in [-0.2, 0) is 6.42 Å². The van der Waals surface area contributed by atoms with Crippen molar-refractivity contribution in [2.24, 2.45) is 5.92 Å². The lowest BCUT2D eigenvalue weighted by Crippen LogP contribution is -2.12. The minimum absolute atomic E-state index is 0.566. The van der Waals surface area contributed by atoms with Gasteiger partial charge in [0.1, 0.15) is 11.6 Å². The van der Waals surface area contributed by atoms with E-state index in [-0.39, 0.29) is 0 Å². The number of hydrogen-bond acceptors (Lipinski definition) is 4. The van der Waals surface area contributed by atoms with Gasteiger partial charge in [-0.2, -0.15) is 0 Å². The molecule has 4 heteroatoms. The molecule has 0 aromatic carbocycles. The Labute approximate surface area is 77.6 Å². The van der Waals surface area contributed by atoms with E-state index in [0.29, 0.717) is 11.7 Å². The van der Waals surface area contributed by atoms with Crippen molar-refractivity contribution in [3.63, 3.8) is 0 Å². The first-order chi connectivity index (χ1) is 6.34. The lowest BCUT2D eigenvalue weighted by atomic mass is 10.0. The van der Waals surface area contributed by atoms with Gasteiger partial charge >= 0.3 is 0 Å². The molecule has 0 amide bonds. The van der Waals surface area contributed by atoms with Crippen molar-refractivity contribution in [1.82, 2.24) is 15.3 Å². The van der Waals surface area contributed by atoms with Crippen molar-refractivity contribution in [3.8, 4) is 0 Å². The van der Waals surface area contributed by atoms with Gasteiger partial charge in [-0.15, -0.1) is 0 Å². The summed E-state index contributed by atoms with van der Waals surface area (Å²) in [5.74, 6) is 2.12. The Morgan fingerprint density at radius 3 is 3.23 bits per heavy atom. The van der Waals surface area contributed by atoms with E-state index in [1.807, 2.05) is 0 Å². The monoisotopic (exact) mass is 178 g/mol. The second-order valence-electron chi connectivity index (χ2n) is 3.46. The summed E-state index contributed by atoms with van der Waals surface area (Å²) >= 11 is 0. The number of anilines is 1. The van der Waals surface area contributed by atoms with Gasteiger partial charge in [-0.1, -0.05) is 0 Å². The molecule has 0 saturated carbocycles. The molecule has 1 aliphatic rings. The summed E-state index contributed by atoms with van der Waals surface area (Å²) in [6.07, 6.45) is 3.89. The van der Waals surface area contributed by atoms with Gasteiger partial charge < -0.3 is 11.1 Å². The maximum absolute atomic E-state index is 5.57. The maximum Gasteiger partial charge on any atom is 0.130 e. The number of nitrogens with one attached hydrogen (secondary N) is 1. The highest BCUT2D eigenvalue weighted by Gasteiger charge is 2.15. The molecule has 1 fully saturated rings. The topological polar surface area (TPSA) is 63.8 Å². The van der Waals surface area contributed by atoms with E-state index in [2.05, 4.69) is 15.3 Å². The summed E-state index contributed by atoms with van der Waals surface area (Å²) in [7, 11) is 0. The molecule has 13 heavy (non-hydrogen) atoms. The third-order valence-electron chi connectivity index (χ3n) is 2.36. The van der Waals surface area contributed by atoms with Gasteiger partial charge in [-0.3, -0.25) is 0 Å². The lowest BCUT2D eigenvalue weighted by Gasteiger charge is -2.06. The third kappa shape index (κ3) is 2.15. The zero-order chi connectivity index (χ0) is 9.10. The summed E-state index contributed by atoms with van der Waals surface area (Å²) in [6.45, 7) is 2.20. The molecule has 1 atom stereocenters. The normalized spacial score (nSPS) is 22.0. The van der Waals surface area contributed by atoms with E-state index in [1.165, 1.54) is 6.42 Å².